The molecule has 1 rings (SSSR count). The standard InChI is InChI=1S/C11H13F3N2O4/c1-20-9-5-6(4-8(10(9)17)16(18)19)7(15)2-3-11(12,13)14/h4-5,7,17H,2-3,15H2,1H3/t7-/m0/s1. The molecule has 0 saturated heterocycles. The second-order valence-corrected chi connectivity index (χ2v) is 4.11. The van der Waals surface area contributed by atoms with Crippen molar-refractivity contribution in [2.24, 2.45) is 5.73 Å². The third-order valence-corrected chi connectivity index (χ3v) is 2.66. The molecule has 0 saturated carbocycles. The third kappa shape index (κ3) is 3.98. The highest BCUT2D eigenvalue weighted by Gasteiger charge is 2.29. The van der Waals surface area contributed by atoms with Crippen LogP contribution in [0, 0.1) is 10.1 Å². The van der Waals surface area contributed by atoms with Crippen molar-refractivity contribution in [3.05, 3.63) is 27.8 Å². The maximum absolute atomic E-state index is 12.1. The average Bonchev–Trinajstić information content (AvgIpc) is 2.35. The molecule has 1 aromatic rings. The molecule has 0 aliphatic heterocycles. The lowest BCUT2D eigenvalue weighted by atomic mass is 10.0. The van der Waals surface area contributed by atoms with Gasteiger partial charge in [-0.15, -0.1) is 0 Å². The lowest BCUT2D eigenvalue weighted by molar-refractivity contribution is -0.386. The van der Waals surface area contributed by atoms with E-state index in [9.17, 15) is 28.4 Å². The van der Waals surface area contributed by atoms with Gasteiger partial charge in [-0.3, -0.25) is 10.1 Å². The van der Waals surface area contributed by atoms with Crippen molar-refractivity contribution in [3.8, 4) is 11.5 Å². The molecule has 0 radical (unpaired) electrons. The smallest absolute Gasteiger partial charge is 0.389 e. The summed E-state index contributed by atoms with van der Waals surface area (Å²) in [5.41, 5.74) is 5.01. The summed E-state index contributed by atoms with van der Waals surface area (Å²) in [6.07, 6.45) is -5.88. The van der Waals surface area contributed by atoms with Crippen LogP contribution in [-0.2, 0) is 0 Å². The van der Waals surface area contributed by atoms with Gasteiger partial charge in [0.2, 0.25) is 5.75 Å². The van der Waals surface area contributed by atoms with Crippen molar-refractivity contribution in [1.82, 2.24) is 0 Å². The van der Waals surface area contributed by atoms with Crippen molar-refractivity contribution in [2.75, 3.05) is 7.11 Å². The molecule has 1 atom stereocenters. The molecule has 9 heteroatoms. The number of methoxy groups -OCH3 is 1. The first-order chi connectivity index (χ1) is 9.15. The highest BCUT2D eigenvalue weighted by Crippen LogP contribution is 2.39. The Balaban J connectivity index is 3.06. The fourth-order valence-electron chi connectivity index (χ4n) is 1.61. The quantitative estimate of drug-likeness (QED) is 0.642. The molecule has 0 unspecified atom stereocenters. The lowest BCUT2D eigenvalue weighted by Gasteiger charge is -2.15. The van der Waals surface area contributed by atoms with Gasteiger partial charge in [-0.25, -0.2) is 0 Å². The van der Waals surface area contributed by atoms with Crippen molar-refractivity contribution < 1.29 is 27.9 Å². The highest BCUT2D eigenvalue weighted by molar-refractivity contribution is 5.57. The molecule has 112 valence electrons. The molecular weight excluding hydrogens is 281 g/mol. The van der Waals surface area contributed by atoms with Crippen LogP contribution in [0.15, 0.2) is 12.1 Å². The minimum Gasteiger partial charge on any atom is -0.500 e. The Bertz CT molecular complexity index is 505. The van der Waals surface area contributed by atoms with Crippen LogP contribution in [0.2, 0.25) is 0 Å². The molecule has 0 fully saturated rings. The van der Waals surface area contributed by atoms with E-state index in [0.717, 1.165) is 6.07 Å². The van der Waals surface area contributed by atoms with Gasteiger partial charge in [-0.2, -0.15) is 13.2 Å². The largest absolute Gasteiger partial charge is 0.500 e. The van der Waals surface area contributed by atoms with Gasteiger partial charge in [0.1, 0.15) is 0 Å². The Hall–Kier alpha value is -2.03. The first-order valence-corrected chi connectivity index (χ1v) is 5.53. The molecular formula is C11H13F3N2O4. The van der Waals surface area contributed by atoms with Crippen molar-refractivity contribution in [3.63, 3.8) is 0 Å². The van der Waals surface area contributed by atoms with Gasteiger partial charge in [0.05, 0.1) is 12.0 Å². The summed E-state index contributed by atoms with van der Waals surface area (Å²) in [6.45, 7) is 0. The second-order valence-electron chi connectivity index (χ2n) is 4.11. The second kappa shape index (κ2) is 5.95. The summed E-state index contributed by atoms with van der Waals surface area (Å²) in [7, 11) is 1.17. The number of benzene rings is 1. The molecule has 0 amide bonds. The topological polar surface area (TPSA) is 98.6 Å². The van der Waals surface area contributed by atoms with E-state index in [-0.39, 0.29) is 11.3 Å². The Morgan fingerprint density at radius 3 is 2.55 bits per heavy atom. The number of phenols is 1. The van der Waals surface area contributed by atoms with E-state index in [4.69, 9.17) is 10.5 Å². The molecule has 3 N–H and O–H groups in total. The van der Waals surface area contributed by atoms with Crippen LogP contribution in [0.1, 0.15) is 24.4 Å². The van der Waals surface area contributed by atoms with Crippen molar-refractivity contribution in [2.45, 2.75) is 25.1 Å². The van der Waals surface area contributed by atoms with Gasteiger partial charge in [-0.1, -0.05) is 0 Å². The molecule has 0 heterocycles. The van der Waals surface area contributed by atoms with Gasteiger partial charge in [0, 0.05) is 18.5 Å². The number of nitrogens with zero attached hydrogens (tertiary/aromatic N) is 1. The summed E-state index contributed by atoms with van der Waals surface area (Å²) < 4.78 is 41.1. The zero-order chi connectivity index (χ0) is 15.5. The summed E-state index contributed by atoms with van der Waals surface area (Å²) in [5, 5.41) is 20.3. The fraction of sp³-hybridized carbons (Fsp3) is 0.455. The molecule has 0 bridgehead atoms. The summed E-state index contributed by atoms with van der Waals surface area (Å²) >= 11 is 0. The fourth-order valence-corrected chi connectivity index (χ4v) is 1.61. The number of nitrogens with two attached hydrogens (primary N) is 1. The van der Waals surface area contributed by atoms with Crippen LogP contribution < -0.4 is 10.5 Å². The number of nitro benzene ring substituents is 1. The van der Waals surface area contributed by atoms with E-state index < -0.39 is 41.4 Å². The average molecular weight is 294 g/mol. The number of halogens is 3. The van der Waals surface area contributed by atoms with Crippen molar-refractivity contribution in [1.29, 1.82) is 0 Å². The summed E-state index contributed by atoms with van der Waals surface area (Å²) in [6, 6.07) is 1.08. The number of hydrogen-bond acceptors (Lipinski definition) is 5. The van der Waals surface area contributed by atoms with Crippen LogP contribution >= 0.6 is 0 Å². The van der Waals surface area contributed by atoms with Crippen LogP contribution in [0.5, 0.6) is 11.5 Å². The van der Waals surface area contributed by atoms with E-state index >= 15 is 0 Å². The molecule has 0 aliphatic rings. The Labute approximate surface area is 112 Å². The maximum Gasteiger partial charge on any atom is 0.389 e. The summed E-state index contributed by atoms with van der Waals surface area (Å²) in [5.74, 6) is -0.902. The van der Waals surface area contributed by atoms with E-state index in [1.807, 2.05) is 0 Å². The molecule has 0 aliphatic carbocycles. The van der Waals surface area contributed by atoms with Crippen molar-refractivity contribution >= 4 is 5.69 Å². The Morgan fingerprint density at radius 1 is 1.50 bits per heavy atom. The Kier molecular flexibility index (Phi) is 4.77. The zero-order valence-electron chi connectivity index (χ0n) is 10.5. The van der Waals surface area contributed by atoms with Crippen LogP contribution in [0.25, 0.3) is 0 Å². The van der Waals surface area contributed by atoms with Gasteiger partial charge in [0.25, 0.3) is 0 Å². The predicted molar refractivity (Wildman–Crippen MR) is 63.5 cm³/mol. The number of alkyl halides is 3. The van der Waals surface area contributed by atoms with Crippen LogP contribution in [0.3, 0.4) is 0 Å². The zero-order valence-corrected chi connectivity index (χ0v) is 10.5. The lowest BCUT2D eigenvalue weighted by Crippen LogP contribution is -2.16. The number of phenolic OH excluding ortho intramolecular Hbond substituents is 1. The van der Waals surface area contributed by atoms with E-state index in [1.54, 1.807) is 0 Å². The normalized spacial score (nSPS) is 13.1. The van der Waals surface area contributed by atoms with Crippen LogP contribution in [-0.4, -0.2) is 23.3 Å². The number of rotatable bonds is 5. The molecule has 6 nitrogen and oxygen atoms in total. The molecule has 0 aromatic heterocycles. The van der Waals surface area contributed by atoms with Gasteiger partial charge < -0.3 is 15.6 Å². The number of aromatic hydroxyl groups is 1. The number of ether oxygens (including phenoxy) is 1. The number of nitro groups is 1. The Morgan fingerprint density at radius 2 is 2.10 bits per heavy atom. The SMILES string of the molecule is COc1cc([C@@H](N)CCC(F)(F)F)cc([N+](=O)[O-])c1O. The molecule has 20 heavy (non-hydrogen) atoms. The molecule has 0 spiro atoms. The van der Waals surface area contributed by atoms with Crippen LogP contribution in [0.4, 0.5) is 18.9 Å². The number of hydrogen-bond donors (Lipinski definition) is 2. The first-order valence-electron chi connectivity index (χ1n) is 5.53. The maximum atomic E-state index is 12.1. The van der Waals surface area contributed by atoms with Gasteiger partial charge in [0.15, 0.2) is 5.75 Å². The summed E-state index contributed by atoms with van der Waals surface area (Å²) in [4.78, 5) is 9.89. The van der Waals surface area contributed by atoms with E-state index in [0.29, 0.717) is 0 Å². The minimum absolute atomic E-state index is 0.0931. The van der Waals surface area contributed by atoms with Gasteiger partial charge >= 0.3 is 11.9 Å². The van der Waals surface area contributed by atoms with E-state index in [2.05, 4.69) is 0 Å². The van der Waals surface area contributed by atoms with Gasteiger partial charge in [-0.05, 0) is 18.1 Å². The molecule has 1 aromatic carbocycles. The third-order valence-electron chi connectivity index (χ3n) is 2.66. The minimum atomic E-state index is -4.36. The van der Waals surface area contributed by atoms with E-state index in [1.165, 1.54) is 13.2 Å². The first kappa shape index (κ1) is 16.0. The highest BCUT2D eigenvalue weighted by atomic mass is 19.4. The predicted octanol–water partition coefficient (Wildman–Crippen LogP) is 2.65. The monoisotopic (exact) mass is 294 g/mol.